The molecule has 1 saturated heterocycles. The first-order valence-corrected chi connectivity index (χ1v) is 10.1. The van der Waals surface area contributed by atoms with Gasteiger partial charge in [0.2, 0.25) is 0 Å². The number of hydrazone groups is 1. The minimum absolute atomic E-state index is 0.192. The van der Waals surface area contributed by atoms with E-state index in [1.807, 2.05) is 5.43 Å². The Bertz CT molecular complexity index is 1070. The Morgan fingerprint density at radius 1 is 1.06 bits per heavy atom. The molecule has 1 aliphatic rings. The van der Waals surface area contributed by atoms with Gasteiger partial charge in [-0.05, 0) is 30.3 Å². The van der Waals surface area contributed by atoms with E-state index >= 15 is 0 Å². The maximum Gasteiger partial charge on any atom is 0.416 e. The number of ether oxygens (including phenoxy) is 2. The van der Waals surface area contributed by atoms with Crippen LogP contribution < -0.4 is 15.5 Å². The summed E-state index contributed by atoms with van der Waals surface area (Å²) < 4.78 is 49.1. The Morgan fingerprint density at radius 3 is 2.53 bits per heavy atom. The van der Waals surface area contributed by atoms with Crippen molar-refractivity contribution in [2.75, 3.05) is 38.2 Å². The van der Waals surface area contributed by atoms with Gasteiger partial charge in [-0.2, -0.15) is 18.3 Å². The third-order valence-corrected chi connectivity index (χ3v) is 4.66. The van der Waals surface area contributed by atoms with E-state index in [0.29, 0.717) is 43.7 Å². The van der Waals surface area contributed by atoms with Crippen LogP contribution in [0.2, 0.25) is 0 Å². The first-order chi connectivity index (χ1) is 16.2. The first kappa shape index (κ1) is 24.7. The maximum atomic E-state index is 12.8. The number of benzene rings is 2. The van der Waals surface area contributed by atoms with E-state index in [1.54, 1.807) is 29.2 Å². The molecule has 3 rings (SSSR count). The maximum absolute atomic E-state index is 12.8. The predicted octanol–water partition coefficient (Wildman–Crippen LogP) is 2.03. The predicted molar refractivity (Wildman–Crippen MR) is 115 cm³/mol. The topological polar surface area (TPSA) is 109 Å². The normalized spacial score (nSPS) is 14.0. The number of nitrogens with zero attached hydrogens (tertiary/aromatic N) is 2. The van der Waals surface area contributed by atoms with E-state index in [2.05, 4.69) is 10.4 Å². The molecule has 0 aliphatic carbocycles. The van der Waals surface area contributed by atoms with E-state index in [-0.39, 0.29) is 18.2 Å². The summed E-state index contributed by atoms with van der Waals surface area (Å²) in [6.45, 7) is 1.71. The first-order valence-electron chi connectivity index (χ1n) is 10.1. The van der Waals surface area contributed by atoms with Crippen LogP contribution in [0, 0.1) is 0 Å². The molecule has 0 saturated carbocycles. The van der Waals surface area contributed by atoms with Crippen LogP contribution in [0.15, 0.2) is 53.6 Å². The Balaban J connectivity index is 1.54. The highest BCUT2D eigenvalue weighted by Crippen LogP contribution is 2.30. The zero-order valence-electron chi connectivity index (χ0n) is 17.8. The molecule has 2 aromatic rings. The fraction of sp³-hybridized carbons (Fsp3) is 0.273. The zero-order valence-corrected chi connectivity index (χ0v) is 17.8. The van der Waals surface area contributed by atoms with Gasteiger partial charge in [-0.25, -0.2) is 5.43 Å². The quantitative estimate of drug-likeness (QED) is 0.375. The summed E-state index contributed by atoms with van der Waals surface area (Å²) in [5.41, 5.74) is 1.26. The molecule has 0 radical (unpaired) electrons. The lowest BCUT2D eigenvalue weighted by Crippen LogP contribution is -2.43. The third-order valence-electron chi connectivity index (χ3n) is 4.66. The number of hydrogen-bond donors (Lipinski definition) is 2. The number of hydrogen-bond acceptors (Lipinski definition) is 6. The largest absolute Gasteiger partial charge is 0.483 e. The molecule has 34 heavy (non-hydrogen) atoms. The van der Waals surface area contributed by atoms with Crippen LogP contribution in [-0.2, 0) is 25.3 Å². The Hall–Kier alpha value is -3.93. The number of carbonyl (C=O) groups excluding carboxylic acids is 3. The molecule has 0 unspecified atom stereocenters. The smallest absolute Gasteiger partial charge is 0.416 e. The number of halogens is 3. The number of amides is 3. The van der Waals surface area contributed by atoms with Crippen LogP contribution in [0.3, 0.4) is 0 Å². The number of morpholine rings is 1. The molecule has 0 bridgehead atoms. The van der Waals surface area contributed by atoms with Gasteiger partial charge in [0.15, 0.2) is 6.61 Å². The molecule has 0 atom stereocenters. The minimum atomic E-state index is -4.59. The average Bonchev–Trinajstić information content (AvgIpc) is 2.83. The van der Waals surface area contributed by atoms with Gasteiger partial charge in [0.25, 0.3) is 5.91 Å². The Labute approximate surface area is 192 Å². The molecular weight excluding hydrogens is 457 g/mol. The van der Waals surface area contributed by atoms with Crippen molar-refractivity contribution in [3.05, 3.63) is 59.7 Å². The lowest BCUT2D eigenvalue weighted by atomic mass is 10.2. The molecule has 9 nitrogen and oxygen atoms in total. The summed E-state index contributed by atoms with van der Waals surface area (Å²) in [6, 6.07) is 10.5. The van der Waals surface area contributed by atoms with E-state index in [0.717, 1.165) is 12.1 Å². The summed E-state index contributed by atoms with van der Waals surface area (Å²) in [4.78, 5) is 37.8. The van der Waals surface area contributed by atoms with Gasteiger partial charge in [0.1, 0.15) is 5.75 Å². The highest BCUT2D eigenvalue weighted by atomic mass is 19.4. The van der Waals surface area contributed by atoms with Crippen molar-refractivity contribution in [1.82, 2.24) is 10.3 Å². The van der Waals surface area contributed by atoms with Crippen LogP contribution in [0.1, 0.15) is 11.1 Å². The van der Waals surface area contributed by atoms with Crippen molar-refractivity contribution in [1.29, 1.82) is 0 Å². The number of nitrogens with one attached hydrogen (secondary N) is 2. The van der Waals surface area contributed by atoms with Crippen molar-refractivity contribution < 1.29 is 37.0 Å². The molecule has 2 N–H and O–H groups in total. The van der Waals surface area contributed by atoms with Crippen LogP contribution in [0.25, 0.3) is 0 Å². The second-order valence-corrected chi connectivity index (χ2v) is 7.05. The molecule has 180 valence electrons. The van der Waals surface area contributed by atoms with Crippen molar-refractivity contribution in [3.8, 4) is 5.75 Å². The summed E-state index contributed by atoms with van der Waals surface area (Å²) in [6.07, 6.45) is -3.38. The van der Waals surface area contributed by atoms with Gasteiger partial charge in [-0.3, -0.25) is 14.4 Å². The van der Waals surface area contributed by atoms with Crippen LogP contribution in [0.4, 0.5) is 18.9 Å². The number of alkyl halides is 3. The second-order valence-electron chi connectivity index (χ2n) is 7.05. The monoisotopic (exact) mass is 478 g/mol. The molecule has 1 aliphatic heterocycles. The lowest BCUT2D eigenvalue weighted by molar-refractivity contribution is -0.138. The van der Waals surface area contributed by atoms with E-state index < -0.39 is 23.6 Å². The van der Waals surface area contributed by atoms with E-state index in [4.69, 9.17) is 9.47 Å². The molecule has 2 aromatic carbocycles. The highest BCUT2D eigenvalue weighted by Gasteiger charge is 2.30. The molecule has 12 heteroatoms. The SMILES string of the molecule is O=C(N/N=C\c1ccccc1OCC(=O)N1CCOCC1)C(=O)Nc1cccc(C(F)(F)F)c1. The van der Waals surface area contributed by atoms with Crippen molar-refractivity contribution in [2.24, 2.45) is 5.10 Å². The number of carbonyl (C=O) groups is 3. The number of rotatable bonds is 6. The fourth-order valence-electron chi connectivity index (χ4n) is 2.93. The molecule has 1 fully saturated rings. The zero-order chi connectivity index (χ0) is 24.6. The number of para-hydroxylation sites is 1. The Kier molecular flexibility index (Phi) is 8.19. The molecule has 3 amide bonds. The Morgan fingerprint density at radius 2 is 1.79 bits per heavy atom. The van der Waals surface area contributed by atoms with Crippen LogP contribution in [0.5, 0.6) is 5.75 Å². The van der Waals surface area contributed by atoms with Crippen molar-refractivity contribution in [2.45, 2.75) is 6.18 Å². The van der Waals surface area contributed by atoms with Gasteiger partial charge in [-0.1, -0.05) is 18.2 Å². The number of anilines is 1. The highest BCUT2D eigenvalue weighted by molar-refractivity contribution is 6.39. The minimum Gasteiger partial charge on any atom is -0.483 e. The third kappa shape index (κ3) is 7.04. The van der Waals surface area contributed by atoms with Gasteiger partial charge >= 0.3 is 18.0 Å². The summed E-state index contributed by atoms with van der Waals surface area (Å²) in [5, 5.41) is 5.76. The molecule has 1 heterocycles. The average molecular weight is 478 g/mol. The summed E-state index contributed by atoms with van der Waals surface area (Å²) in [7, 11) is 0. The van der Waals surface area contributed by atoms with Gasteiger partial charge in [0, 0.05) is 24.3 Å². The molecular formula is C22H21F3N4O5. The van der Waals surface area contributed by atoms with Crippen LogP contribution in [-0.4, -0.2) is 61.7 Å². The molecule has 0 aromatic heterocycles. The molecule has 0 spiro atoms. The van der Waals surface area contributed by atoms with E-state index in [1.165, 1.54) is 12.3 Å². The van der Waals surface area contributed by atoms with Gasteiger partial charge in [0.05, 0.1) is 25.0 Å². The van der Waals surface area contributed by atoms with Crippen molar-refractivity contribution >= 4 is 29.6 Å². The van der Waals surface area contributed by atoms with Crippen molar-refractivity contribution in [3.63, 3.8) is 0 Å². The summed E-state index contributed by atoms with van der Waals surface area (Å²) >= 11 is 0. The standard InChI is InChI=1S/C22H21F3N4O5/c23-22(24,25)16-5-3-6-17(12-16)27-20(31)21(32)28-26-13-15-4-1-2-7-18(15)34-14-19(30)29-8-10-33-11-9-29/h1-7,12-13H,8-11,14H2,(H,27,31)(H,28,32)/b26-13-. The van der Waals surface area contributed by atoms with Gasteiger partial charge in [-0.15, -0.1) is 0 Å². The van der Waals surface area contributed by atoms with Crippen LogP contribution >= 0.6 is 0 Å². The van der Waals surface area contributed by atoms with Gasteiger partial charge < -0.3 is 19.7 Å². The fourth-order valence-corrected chi connectivity index (χ4v) is 2.93. The second kappa shape index (κ2) is 11.3. The summed E-state index contributed by atoms with van der Waals surface area (Å²) in [5.74, 6) is -2.25. The lowest BCUT2D eigenvalue weighted by Gasteiger charge is -2.26. The van der Waals surface area contributed by atoms with E-state index in [9.17, 15) is 27.6 Å².